The molecule has 71 heavy (non-hydrogen) atoms. The fourth-order valence-corrected chi connectivity index (χ4v) is 8.58. The Morgan fingerprint density at radius 1 is 0.282 bits per heavy atom. The fraction of sp³-hybridized carbons (Fsp3) is 0.769. The highest BCUT2D eigenvalue weighted by Gasteiger charge is 2.19. The van der Waals surface area contributed by atoms with Crippen molar-refractivity contribution in [2.75, 3.05) is 13.2 Å². The van der Waals surface area contributed by atoms with Crippen LogP contribution in [-0.4, -0.2) is 37.2 Å². The summed E-state index contributed by atoms with van der Waals surface area (Å²) < 4.78 is 16.9. The van der Waals surface area contributed by atoms with Crippen molar-refractivity contribution >= 4 is 17.9 Å². The summed E-state index contributed by atoms with van der Waals surface area (Å²) in [6, 6.07) is 0. The number of carbonyl (C=O) groups is 3. The number of rotatable bonds is 55. The lowest BCUT2D eigenvalue weighted by atomic mass is 10.0. The monoisotopic (exact) mass is 991 g/mol. The van der Waals surface area contributed by atoms with Crippen molar-refractivity contribution in [3.63, 3.8) is 0 Å². The fourth-order valence-electron chi connectivity index (χ4n) is 8.58. The van der Waals surface area contributed by atoms with Crippen molar-refractivity contribution in [1.29, 1.82) is 0 Å². The molecule has 0 bridgehead atoms. The molecule has 6 heteroatoms. The maximum atomic E-state index is 12.9. The van der Waals surface area contributed by atoms with Gasteiger partial charge in [-0.25, -0.2) is 0 Å². The molecule has 1 atom stereocenters. The van der Waals surface area contributed by atoms with Crippen LogP contribution in [-0.2, 0) is 28.6 Å². The third kappa shape index (κ3) is 57.6. The summed E-state index contributed by atoms with van der Waals surface area (Å²) in [6.07, 6.45) is 76.1. The van der Waals surface area contributed by atoms with E-state index >= 15 is 0 Å². The number of unbranched alkanes of at least 4 members (excludes halogenated alkanes) is 32. The Kier molecular flexibility index (Phi) is 56.8. The average Bonchev–Trinajstić information content (AvgIpc) is 3.37. The number of ether oxygens (including phenoxy) is 3. The van der Waals surface area contributed by atoms with Crippen LogP contribution in [0.25, 0.3) is 0 Å². The summed E-state index contributed by atoms with van der Waals surface area (Å²) in [7, 11) is 0. The SMILES string of the molecule is CCCCC/C=C\C/C=C\C/C=C\C/C=C\CCCC(=O)O[C@H](COC(=O)CCCCCCCCCCC/C=C\C/C=C\CCCCC)COC(=O)CCCCCCCCCCCCCCCCCCC. The van der Waals surface area contributed by atoms with Gasteiger partial charge in [0, 0.05) is 19.3 Å². The smallest absolute Gasteiger partial charge is 0.306 e. The molecule has 0 fully saturated rings. The maximum Gasteiger partial charge on any atom is 0.306 e. The Morgan fingerprint density at radius 2 is 0.521 bits per heavy atom. The maximum absolute atomic E-state index is 12.9. The zero-order chi connectivity index (χ0) is 51.4. The third-order valence-corrected chi connectivity index (χ3v) is 13.2. The van der Waals surface area contributed by atoms with Crippen molar-refractivity contribution in [3.05, 3.63) is 72.9 Å². The van der Waals surface area contributed by atoms with Crippen LogP contribution in [0.3, 0.4) is 0 Å². The number of carbonyl (C=O) groups excluding carboxylic acids is 3. The quantitative estimate of drug-likeness (QED) is 0.0261. The van der Waals surface area contributed by atoms with Gasteiger partial charge in [0.15, 0.2) is 6.10 Å². The van der Waals surface area contributed by atoms with Gasteiger partial charge in [-0.1, -0.05) is 267 Å². The van der Waals surface area contributed by atoms with Gasteiger partial charge >= 0.3 is 17.9 Å². The minimum absolute atomic E-state index is 0.0957. The van der Waals surface area contributed by atoms with Crippen LogP contribution in [0.5, 0.6) is 0 Å². The van der Waals surface area contributed by atoms with Crippen LogP contribution in [0.15, 0.2) is 72.9 Å². The molecule has 0 saturated heterocycles. The van der Waals surface area contributed by atoms with E-state index < -0.39 is 6.10 Å². The van der Waals surface area contributed by atoms with Crippen LogP contribution in [0.1, 0.15) is 303 Å². The molecule has 0 aromatic carbocycles. The highest BCUT2D eigenvalue weighted by atomic mass is 16.6. The molecule has 0 radical (unpaired) electrons. The highest BCUT2D eigenvalue weighted by molar-refractivity contribution is 5.71. The molecule has 6 nitrogen and oxygen atoms in total. The molecule has 0 unspecified atom stereocenters. The predicted molar refractivity (Wildman–Crippen MR) is 307 cm³/mol. The van der Waals surface area contributed by atoms with E-state index in [1.165, 1.54) is 186 Å². The Morgan fingerprint density at radius 3 is 0.859 bits per heavy atom. The largest absolute Gasteiger partial charge is 0.462 e. The zero-order valence-corrected chi connectivity index (χ0v) is 47.0. The first-order valence-corrected chi connectivity index (χ1v) is 30.4. The van der Waals surface area contributed by atoms with Gasteiger partial charge in [-0.15, -0.1) is 0 Å². The molecule has 0 N–H and O–H groups in total. The van der Waals surface area contributed by atoms with E-state index in [9.17, 15) is 14.4 Å². The molecule has 0 heterocycles. The molecule has 0 rings (SSSR count). The first kappa shape index (κ1) is 67.8. The second-order valence-electron chi connectivity index (χ2n) is 20.3. The molecule has 0 aromatic rings. The van der Waals surface area contributed by atoms with Gasteiger partial charge in [-0.3, -0.25) is 14.4 Å². The van der Waals surface area contributed by atoms with Crippen LogP contribution in [0, 0.1) is 0 Å². The highest BCUT2D eigenvalue weighted by Crippen LogP contribution is 2.16. The lowest BCUT2D eigenvalue weighted by Crippen LogP contribution is -2.30. The Bertz CT molecular complexity index is 1320. The lowest BCUT2D eigenvalue weighted by Gasteiger charge is -2.18. The molecule has 0 spiro atoms. The minimum atomic E-state index is -0.805. The van der Waals surface area contributed by atoms with Crippen molar-refractivity contribution in [2.45, 2.75) is 309 Å². The van der Waals surface area contributed by atoms with Gasteiger partial charge in [0.25, 0.3) is 0 Å². The van der Waals surface area contributed by atoms with E-state index in [1.807, 2.05) is 0 Å². The summed E-state index contributed by atoms with van der Waals surface area (Å²) in [5.41, 5.74) is 0. The van der Waals surface area contributed by atoms with Gasteiger partial charge < -0.3 is 14.2 Å². The first-order chi connectivity index (χ1) is 35.0. The van der Waals surface area contributed by atoms with E-state index in [2.05, 4.69) is 93.7 Å². The van der Waals surface area contributed by atoms with Gasteiger partial charge in [-0.05, 0) is 89.9 Å². The standard InChI is InChI=1S/C65H114O6/c1-4-7-10-13-16-19-22-25-28-31-32-35-37-40-43-46-49-52-55-58-64(67)70-61-62(71-65(68)59-56-53-50-47-44-41-38-34-30-27-24-21-18-15-12-9-6-3)60-69-63(66)57-54-51-48-45-42-39-36-33-29-26-23-20-17-14-11-8-5-2/h16,18-19,21,25,27-28,30,38,41,47,50,62H,4-15,17,20,22-24,26,29,31-37,39-40,42-46,48-49,51-61H2,1-3H3/b19-16-,21-18-,28-25-,30-27-,41-38-,50-47-/t62-/m0/s1. The van der Waals surface area contributed by atoms with Gasteiger partial charge in [-0.2, -0.15) is 0 Å². The van der Waals surface area contributed by atoms with Crippen LogP contribution in [0.4, 0.5) is 0 Å². The molecule has 0 aliphatic heterocycles. The Hall–Kier alpha value is -3.15. The van der Waals surface area contributed by atoms with Crippen LogP contribution >= 0.6 is 0 Å². The summed E-state index contributed by atoms with van der Waals surface area (Å²) in [5.74, 6) is -0.944. The molecule has 0 aromatic heterocycles. The zero-order valence-electron chi connectivity index (χ0n) is 47.0. The van der Waals surface area contributed by atoms with E-state index in [-0.39, 0.29) is 37.5 Å². The first-order valence-electron chi connectivity index (χ1n) is 30.4. The third-order valence-electron chi connectivity index (χ3n) is 13.2. The van der Waals surface area contributed by atoms with E-state index in [1.54, 1.807) is 0 Å². The van der Waals surface area contributed by atoms with Crippen molar-refractivity contribution in [1.82, 2.24) is 0 Å². The Labute approximate surface area is 440 Å². The second-order valence-corrected chi connectivity index (χ2v) is 20.3. The normalized spacial score (nSPS) is 12.5. The van der Waals surface area contributed by atoms with E-state index in [0.29, 0.717) is 19.3 Å². The molecule has 0 amide bonds. The van der Waals surface area contributed by atoms with E-state index in [0.717, 1.165) is 70.6 Å². The van der Waals surface area contributed by atoms with Crippen molar-refractivity contribution in [2.24, 2.45) is 0 Å². The molecule has 0 aliphatic rings. The minimum Gasteiger partial charge on any atom is -0.462 e. The molecule has 0 saturated carbocycles. The summed E-state index contributed by atoms with van der Waals surface area (Å²) in [4.78, 5) is 38.2. The summed E-state index contributed by atoms with van der Waals surface area (Å²) in [5, 5.41) is 0. The molecule has 410 valence electrons. The number of allylic oxidation sites excluding steroid dienone is 12. The predicted octanol–water partition coefficient (Wildman–Crippen LogP) is 20.5. The van der Waals surface area contributed by atoms with Crippen LogP contribution in [0.2, 0.25) is 0 Å². The van der Waals surface area contributed by atoms with Gasteiger partial charge in [0.05, 0.1) is 0 Å². The summed E-state index contributed by atoms with van der Waals surface area (Å²) in [6.45, 7) is 6.57. The molecule has 0 aliphatic carbocycles. The number of hydrogen-bond acceptors (Lipinski definition) is 6. The lowest BCUT2D eigenvalue weighted by molar-refractivity contribution is -0.167. The van der Waals surface area contributed by atoms with Gasteiger partial charge in [0.1, 0.15) is 13.2 Å². The number of esters is 3. The van der Waals surface area contributed by atoms with Crippen molar-refractivity contribution in [3.8, 4) is 0 Å². The Balaban J connectivity index is 4.44. The molecular weight excluding hydrogens is 877 g/mol. The van der Waals surface area contributed by atoms with Crippen molar-refractivity contribution < 1.29 is 28.6 Å². The second kappa shape index (κ2) is 59.4. The van der Waals surface area contributed by atoms with Crippen LogP contribution < -0.4 is 0 Å². The van der Waals surface area contributed by atoms with E-state index in [4.69, 9.17) is 14.2 Å². The molecular formula is C65H114O6. The van der Waals surface area contributed by atoms with Gasteiger partial charge in [0.2, 0.25) is 0 Å². The topological polar surface area (TPSA) is 78.9 Å². The summed E-state index contributed by atoms with van der Waals surface area (Å²) >= 11 is 0. The number of hydrogen-bond donors (Lipinski definition) is 0. The average molecular weight is 992 g/mol.